The van der Waals surface area contributed by atoms with Crippen LogP contribution in [0.1, 0.15) is 21.5 Å². The number of aryl methyl sites for hydroxylation is 2. The number of amides is 1. The molecule has 2 N–H and O–H groups in total. The second kappa shape index (κ2) is 8.04. The monoisotopic (exact) mass is 419 g/mol. The number of anilines is 1. The summed E-state index contributed by atoms with van der Waals surface area (Å²) >= 11 is 5.18. The Labute approximate surface area is 177 Å². The number of hydrogen-bond acceptors (Lipinski definition) is 4. The zero-order valence-electron chi connectivity index (χ0n) is 16.3. The maximum atomic E-state index is 13.0. The van der Waals surface area contributed by atoms with Crippen LogP contribution in [0.5, 0.6) is 0 Å². The molecule has 1 amide bonds. The second-order valence-corrected chi connectivity index (χ2v) is 7.32. The van der Waals surface area contributed by atoms with Crippen LogP contribution in [-0.2, 0) is 0 Å². The molecule has 0 saturated carbocycles. The van der Waals surface area contributed by atoms with Gasteiger partial charge in [-0.1, -0.05) is 0 Å². The third-order valence-electron chi connectivity index (χ3n) is 4.73. The summed E-state index contributed by atoms with van der Waals surface area (Å²) in [4.78, 5) is 16.7. The van der Waals surface area contributed by atoms with Gasteiger partial charge in [-0.05, 0) is 97.9 Å². The van der Waals surface area contributed by atoms with Crippen molar-refractivity contribution in [3.05, 3.63) is 83.2 Å². The highest BCUT2D eigenvalue weighted by atomic mass is 32.1. The number of fused-ring (bicyclic) bond motifs is 1. The second-order valence-electron chi connectivity index (χ2n) is 6.92. The molecule has 1 aromatic heterocycles. The number of carbonyl (C=O) groups excluding carboxylic acids is 1. The van der Waals surface area contributed by atoms with Gasteiger partial charge in [0, 0.05) is 16.8 Å². The van der Waals surface area contributed by atoms with Gasteiger partial charge in [0.25, 0.3) is 5.91 Å². The fourth-order valence-corrected chi connectivity index (χ4v) is 3.15. The number of hydrogen-bond donors (Lipinski definition) is 2. The summed E-state index contributed by atoms with van der Waals surface area (Å²) in [6.07, 6.45) is 0. The Morgan fingerprint density at radius 2 is 1.67 bits per heavy atom. The Bertz CT molecular complexity index is 1210. The largest absolute Gasteiger partial charge is 0.436 e. The number of benzene rings is 3. The average Bonchev–Trinajstić information content (AvgIpc) is 3.12. The van der Waals surface area contributed by atoms with Gasteiger partial charge in [0.1, 0.15) is 11.3 Å². The van der Waals surface area contributed by atoms with E-state index in [1.54, 1.807) is 0 Å². The van der Waals surface area contributed by atoms with Crippen LogP contribution in [0.2, 0.25) is 0 Å². The van der Waals surface area contributed by atoms with Crippen molar-refractivity contribution < 1.29 is 13.6 Å². The lowest BCUT2D eigenvalue weighted by atomic mass is 10.1. The lowest BCUT2D eigenvalue weighted by molar-refractivity contribution is 0.0977. The van der Waals surface area contributed by atoms with Crippen molar-refractivity contribution in [3.8, 4) is 11.5 Å². The maximum Gasteiger partial charge on any atom is 0.257 e. The van der Waals surface area contributed by atoms with Crippen molar-refractivity contribution in [2.75, 3.05) is 5.32 Å². The van der Waals surface area contributed by atoms with Crippen LogP contribution < -0.4 is 10.6 Å². The molecule has 0 aliphatic carbocycles. The molecule has 7 heteroatoms. The molecule has 0 saturated heterocycles. The SMILES string of the molecule is Cc1cc2nc(-c3ccc(NC(=S)NC(=O)c4ccc(F)cc4)cc3)oc2cc1C. The van der Waals surface area contributed by atoms with E-state index >= 15 is 0 Å². The molecule has 0 spiro atoms. The first-order valence-corrected chi connectivity index (χ1v) is 9.66. The molecule has 0 radical (unpaired) electrons. The fraction of sp³-hybridized carbons (Fsp3) is 0.0870. The average molecular weight is 419 g/mol. The zero-order chi connectivity index (χ0) is 21.3. The third-order valence-corrected chi connectivity index (χ3v) is 4.93. The van der Waals surface area contributed by atoms with Crippen LogP contribution in [0.25, 0.3) is 22.6 Å². The molecule has 0 atom stereocenters. The van der Waals surface area contributed by atoms with E-state index in [0.29, 0.717) is 17.1 Å². The van der Waals surface area contributed by atoms with Crippen LogP contribution in [0.3, 0.4) is 0 Å². The minimum atomic E-state index is -0.416. The first-order chi connectivity index (χ1) is 14.4. The Morgan fingerprint density at radius 3 is 2.37 bits per heavy atom. The smallest absolute Gasteiger partial charge is 0.257 e. The summed E-state index contributed by atoms with van der Waals surface area (Å²) in [6, 6.07) is 16.6. The number of oxazole rings is 1. The molecular formula is C23H18FN3O2S. The first-order valence-electron chi connectivity index (χ1n) is 9.25. The summed E-state index contributed by atoms with van der Waals surface area (Å²) in [5.74, 6) is -0.286. The fourth-order valence-electron chi connectivity index (χ4n) is 2.94. The zero-order valence-corrected chi connectivity index (χ0v) is 17.1. The summed E-state index contributed by atoms with van der Waals surface area (Å²) < 4.78 is 18.9. The van der Waals surface area contributed by atoms with Gasteiger partial charge in [-0.25, -0.2) is 9.37 Å². The topological polar surface area (TPSA) is 67.2 Å². The lowest BCUT2D eigenvalue weighted by Crippen LogP contribution is -2.34. The van der Waals surface area contributed by atoms with E-state index in [1.165, 1.54) is 24.3 Å². The van der Waals surface area contributed by atoms with Gasteiger partial charge in [0.15, 0.2) is 10.7 Å². The molecule has 4 aromatic rings. The quantitative estimate of drug-likeness (QED) is 0.437. The molecule has 0 aliphatic heterocycles. The summed E-state index contributed by atoms with van der Waals surface area (Å²) in [5, 5.41) is 5.66. The predicted molar refractivity (Wildman–Crippen MR) is 119 cm³/mol. The van der Waals surface area contributed by atoms with E-state index in [2.05, 4.69) is 15.6 Å². The molecule has 4 rings (SSSR count). The van der Waals surface area contributed by atoms with Gasteiger partial charge in [-0.15, -0.1) is 0 Å². The number of rotatable bonds is 3. The summed E-state index contributed by atoms with van der Waals surface area (Å²) in [6.45, 7) is 4.08. The van der Waals surface area contributed by atoms with E-state index in [9.17, 15) is 9.18 Å². The van der Waals surface area contributed by atoms with Crippen LogP contribution in [0.4, 0.5) is 10.1 Å². The van der Waals surface area contributed by atoms with E-state index in [-0.39, 0.29) is 5.11 Å². The normalized spacial score (nSPS) is 10.8. The Balaban J connectivity index is 1.44. The van der Waals surface area contributed by atoms with Gasteiger partial charge in [0.05, 0.1) is 0 Å². The molecule has 5 nitrogen and oxygen atoms in total. The minimum absolute atomic E-state index is 0.143. The van der Waals surface area contributed by atoms with Crippen LogP contribution in [-0.4, -0.2) is 16.0 Å². The van der Waals surface area contributed by atoms with Crippen molar-refractivity contribution in [2.45, 2.75) is 13.8 Å². The highest BCUT2D eigenvalue weighted by molar-refractivity contribution is 7.80. The molecule has 0 aliphatic rings. The highest BCUT2D eigenvalue weighted by Gasteiger charge is 2.11. The van der Waals surface area contributed by atoms with Crippen molar-refractivity contribution in [2.24, 2.45) is 0 Å². The van der Waals surface area contributed by atoms with Gasteiger partial charge in [-0.3, -0.25) is 10.1 Å². The number of halogens is 1. The number of nitrogens with zero attached hydrogens (tertiary/aromatic N) is 1. The van der Waals surface area contributed by atoms with Crippen LogP contribution in [0.15, 0.2) is 65.1 Å². The summed E-state index contributed by atoms with van der Waals surface area (Å²) in [5.41, 5.74) is 5.73. The molecule has 30 heavy (non-hydrogen) atoms. The predicted octanol–water partition coefficient (Wildman–Crippen LogP) is 5.38. The number of nitrogens with one attached hydrogen (secondary N) is 2. The van der Waals surface area contributed by atoms with E-state index in [0.717, 1.165) is 27.8 Å². The summed E-state index contributed by atoms with van der Waals surface area (Å²) in [7, 11) is 0. The van der Waals surface area contributed by atoms with E-state index in [1.807, 2.05) is 50.2 Å². The molecule has 0 fully saturated rings. The standard InChI is InChI=1S/C23H18FN3O2S/c1-13-11-19-20(12-14(13)2)29-22(26-19)16-5-9-18(10-6-16)25-23(30)27-21(28)15-3-7-17(24)8-4-15/h3-12H,1-2H3,(H2,25,27,28,30). The molecule has 0 unspecified atom stereocenters. The number of carbonyl (C=O) groups is 1. The number of thiocarbonyl (C=S) groups is 1. The lowest BCUT2D eigenvalue weighted by Gasteiger charge is -2.10. The molecular weight excluding hydrogens is 401 g/mol. The Hall–Kier alpha value is -3.58. The number of aromatic nitrogens is 1. The van der Waals surface area contributed by atoms with Crippen LogP contribution in [0, 0.1) is 19.7 Å². The van der Waals surface area contributed by atoms with Crippen molar-refractivity contribution in [3.63, 3.8) is 0 Å². The van der Waals surface area contributed by atoms with Crippen molar-refractivity contribution >= 4 is 40.0 Å². The molecule has 3 aromatic carbocycles. The minimum Gasteiger partial charge on any atom is -0.436 e. The molecule has 150 valence electrons. The van der Waals surface area contributed by atoms with Gasteiger partial charge >= 0.3 is 0 Å². The highest BCUT2D eigenvalue weighted by Crippen LogP contribution is 2.27. The van der Waals surface area contributed by atoms with Gasteiger partial charge in [0.2, 0.25) is 5.89 Å². The van der Waals surface area contributed by atoms with Crippen LogP contribution >= 0.6 is 12.2 Å². The van der Waals surface area contributed by atoms with Gasteiger partial charge < -0.3 is 9.73 Å². The Kier molecular flexibility index (Phi) is 5.29. The van der Waals surface area contributed by atoms with E-state index in [4.69, 9.17) is 16.6 Å². The maximum absolute atomic E-state index is 13.0. The molecule has 0 bridgehead atoms. The Morgan fingerprint density at radius 1 is 1.00 bits per heavy atom. The molecule has 1 heterocycles. The third kappa shape index (κ3) is 4.21. The first kappa shape index (κ1) is 19.7. The van der Waals surface area contributed by atoms with E-state index < -0.39 is 11.7 Å². The van der Waals surface area contributed by atoms with Crippen molar-refractivity contribution in [1.82, 2.24) is 10.3 Å². The van der Waals surface area contributed by atoms with Gasteiger partial charge in [-0.2, -0.15) is 0 Å². The van der Waals surface area contributed by atoms with Crippen molar-refractivity contribution in [1.29, 1.82) is 0 Å².